The Kier molecular flexibility index (Phi) is 5.59. The molecule has 3 atom stereocenters. The fourth-order valence-corrected chi connectivity index (χ4v) is 7.05. The van der Waals surface area contributed by atoms with Gasteiger partial charge in [0.2, 0.25) is 0 Å². The molecule has 0 aromatic heterocycles. The van der Waals surface area contributed by atoms with Crippen LogP contribution in [0.4, 0.5) is 0 Å². The molecule has 3 rings (SSSR count). The lowest BCUT2D eigenvalue weighted by atomic mass is 9.72. The largest absolute Gasteiger partial charge is 0.392 e. The van der Waals surface area contributed by atoms with E-state index in [0.717, 1.165) is 18.4 Å². The molecule has 0 bridgehead atoms. The highest BCUT2D eigenvalue weighted by Gasteiger charge is 2.61. The Morgan fingerprint density at radius 2 is 1.67 bits per heavy atom. The predicted molar refractivity (Wildman–Crippen MR) is 109 cm³/mol. The van der Waals surface area contributed by atoms with Crippen LogP contribution in [0.15, 0.2) is 78.2 Å². The van der Waals surface area contributed by atoms with Gasteiger partial charge in [-0.25, -0.2) is 8.42 Å². The van der Waals surface area contributed by atoms with E-state index < -0.39 is 26.1 Å². The van der Waals surface area contributed by atoms with Crippen molar-refractivity contribution in [1.82, 2.24) is 0 Å². The molecule has 1 saturated carbocycles. The Bertz CT molecular complexity index is 876. The maximum Gasteiger partial charge on any atom is 0.188 e. The van der Waals surface area contributed by atoms with Crippen molar-refractivity contribution >= 4 is 9.84 Å². The van der Waals surface area contributed by atoms with Gasteiger partial charge in [0, 0.05) is 5.41 Å². The van der Waals surface area contributed by atoms with Crippen LogP contribution in [-0.4, -0.2) is 24.4 Å². The zero-order chi connectivity index (χ0) is 19.5. The summed E-state index contributed by atoms with van der Waals surface area (Å²) in [7, 11) is -3.66. The third-order valence-corrected chi connectivity index (χ3v) is 9.05. The minimum atomic E-state index is -3.66. The van der Waals surface area contributed by atoms with E-state index in [2.05, 4.69) is 6.58 Å². The quantitative estimate of drug-likeness (QED) is 0.712. The number of sulfone groups is 1. The number of aliphatic hydroxyl groups is 1. The van der Waals surface area contributed by atoms with E-state index in [-0.39, 0.29) is 0 Å². The fraction of sp³-hybridized carbons (Fsp3) is 0.391. The highest BCUT2D eigenvalue weighted by molar-refractivity contribution is 7.93. The van der Waals surface area contributed by atoms with Gasteiger partial charge in [-0.1, -0.05) is 68.0 Å². The van der Waals surface area contributed by atoms with E-state index in [4.69, 9.17) is 0 Å². The maximum atomic E-state index is 13.6. The van der Waals surface area contributed by atoms with E-state index in [9.17, 15) is 13.5 Å². The van der Waals surface area contributed by atoms with E-state index in [0.29, 0.717) is 24.2 Å². The third-order valence-electron chi connectivity index (χ3n) is 6.36. The Hall–Kier alpha value is -1.91. The van der Waals surface area contributed by atoms with Crippen molar-refractivity contribution in [2.24, 2.45) is 5.41 Å². The Balaban J connectivity index is 1.94. The monoisotopic (exact) mass is 384 g/mol. The molecule has 1 unspecified atom stereocenters. The number of benzene rings is 2. The summed E-state index contributed by atoms with van der Waals surface area (Å²) in [4.78, 5) is 0.299. The summed E-state index contributed by atoms with van der Waals surface area (Å²) < 4.78 is 26.0. The Labute approximate surface area is 162 Å². The van der Waals surface area contributed by atoms with E-state index >= 15 is 0 Å². The molecular formula is C23H28O3S. The lowest BCUT2D eigenvalue weighted by Gasteiger charge is -2.44. The molecule has 3 nitrogen and oxygen atoms in total. The molecule has 1 aliphatic rings. The second-order valence-electron chi connectivity index (χ2n) is 7.72. The van der Waals surface area contributed by atoms with Crippen LogP contribution in [0, 0.1) is 5.41 Å². The van der Waals surface area contributed by atoms with Crippen LogP contribution >= 0.6 is 0 Å². The SMILES string of the molecule is C=CC1(S(=O)(=O)c2ccccc2)CCC[C@]1(C)[C@@H](O)CCc1ccccc1. The molecule has 2 aromatic rings. The van der Waals surface area contributed by atoms with Gasteiger partial charge in [-0.05, 0) is 43.4 Å². The number of rotatable bonds is 7. The molecule has 1 N–H and O–H groups in total. The minimum Gasteiger partial charge on any atom is -0.392 e. The van der Waals surface area contributed by atoms with Crippen molar-refractivity contribution in [2.75, 3.05) is 0 Å². The number of aryl methyl sites for hydroxylation is 1. The molecule has 0 aliphatic heterocycles. The van der Waals surface area contributed by atoms with Crippen molar-refractivity contribution < 1.29 is 13.5 Å². The van der Waals surface area contributed by atoms with Gasteiger partial charge in [-0.2, -0.15) is 0 Å². The van der Waals surface area contributed by atoms with Crippen molar-refractivity contribution in [3.05, 3.63) is 78.9 Å². The van der Waals surface area contributed by atoms with Crippen LogP contribution in [0.1, 0.15) is 38.2 Å². The predicted octanol–water partition coefficient (Wildman–Crippen LogP) is 4.57. The van der Waals surface area contributed by atoms with E-state index in [1.165, 1.54) is 0 Å². The Morgan fingerprint density at radius 1 is 1.07 bits per heavy atom. The lowest BCUT2D eigenvalue weighted by molar-refractivity contribution is 0.0231. The molecule has 0 amide bonds. The summed E-state index contributed by atoms with van der Waals surface area (Å²) in [5.41, 5.74) is 0.381. The first-order valence-corrected chi connectivity index (χ1v) is 11.0. The smallest absolute Gasteiger partial charge is 0.188 e. The van der Waals surface area contributed by atoms with Crippen LogP contribution in [0.3, 0.4) is 0 Å². The standard InChI is InChI=1S/C23H28O3S/c1-3-23(27(25,26)20-13-8-5-9-14-20)18-10-17-22(23,2)21(24)16-15-19-11-6-4-7-12-19/h3-9,11-14,21,24H,1,10,15-18H2,2H3/t21-,22+,23?/m0/s1. The molecule has 27 heavy (non-hydrogen) atoms. The fourth-order valence-electron chi connectivity index (χ4n) is 4.63. The summed E-state index contributed by atoms with van der Waals surface area (Å²) in [5.74, 6) is 0. The van der Waals surface area contributed by atoms with Gasteiger partial charge in [0.05, 0.1) is 11.0 Å². The molecule has 1 fully saturated rings. The summed E-state index contributed by atoms with van der Waals surface area (Å²) >= 11 is 0. The van der Waals surface area contributed by atoms with Gasteiger partial charge in [-0.3, -0.25) is 0 Å². The molecule has 0 spiro atoms. The molecule has 0 radical (unpaired) electrons. The average molecular weight is 385 g/mol. The maximum absolute atomic E-state index is 13.6. The molecular weight excluding hydrogens is 356 g/mol. The summed E-state index contributed by atoms with van der Waals surface area (Å²) in [5, 5.41) is 11.1. The Morgan fingerprint density at radius 3 is 2.26 bits per heavy atom. The van der Waals surface area contributed by atoms with Crippen LogP contribution in [0.25, 0.3) is 0 Å². The zero-order valence-electron chi connectivity index (χ0n) is 15.8. The average Bonchev–Trinajstić information content (AvgIpc) is 3.06. The van der Waals surface area contributed by atoms with Crippen molar-refractivity contribution in [3.8, 4) is 0 Å². The summed E-state index contributed by atoms with van der Waals surface area (Å²) in [6, 6.07) is 18.5. The summed E-state index contributed by atoms with van der Waals surface area (Å²) in [6.45, 7) is 5.83. The molecule has 144 valence electrons. The second kappa shape index (κ2) is 7.61. The highest BCUT2D eigenvalue weighted by atomic mass is 32.2. The van der Waals surface area contributed by atoms with Crippen LogP contribution in [-0.2, 0) is 16.3 Å². The molecule has 1 aliphatic carbocycles. The van der Waals surface area contributed by atoms with Gasteiger partial charge in [0.25, 0.3) is 0 Å². The van der Waals surface area contributed by atoms with Gasteiger partial charge in [0.15, 0.2) is 9.84 Å². The molecule has 2 aromatic carbocycles. The first kappa shape index (κ1) is 19.8. The van der Waals surface area contributed by atoms with E-state index in [1.54, 1.807) is 30.3 Å². The molecule has 0 saturated heterocycles. The van der Waals surface area contributed by atoms with Gasteiger partial charge >= 0.3 is 0 Å². The zero-order valence-corrected chi connectivity index (χ0v) is 16.7. The van der Waals surface area contributed by atoms with E-state index in [1.807, 2.05) is 43.3 Å². The normalized spacial score (nSPS) is 26.6. The van der Waals surface area contributed by atoms with Gasteiger partial charge in [0.1, 0.15) is 4.75 Å². The minimum absolute atomic E-state index is 0.299. The third kappa shape index (κ3) is 3.26. The molecule has 4 heteroatoms. The number of aliphatic hydroxyl groups excluding tert-OH is 1. The number of hydrogen-bond donors (Lipinski definition) is 1. The highest BCUT2D eigenvalue weighted by Crippen LogP contribution is 2.56. The van der Waals surface area contributed by atoms with Crippen LogP contribution in [0.5, 0.6) is 0 Å². The second-order valence-corrected chi connectivity index (χ2v) is 9.93. The molecule has 0 heterocycles. The van der Waals surface area contributed by atoms with Crippen LogP contribution < -0.4 is 0 Å². The first-order valence-electron chi connectivity index (χ1n) is 9.53. The topological polar surface area (TPSA) is 54.4 Å². The van der Waals surface area contributed by atoms with Crippen molar-refractivity contribution in [3.63, 3.8) is 0 Å². The van der Waals surface area contributed by atoms with Gasteiger partial charge in [-0.15, -0.1) is 6.58 Å². The lowest BCUT2D eigenvalue weighted by Crippen LogP contribution is -2.53. The van der Waals surface area contributed by atoms with Gasteiger partial charge < -0.3 is 5.11 Å². The first-order chi connectivity index (χ1) is 12.9. The summed E-state index contributed by atoms with van der Waals surface area (Å²) in [6.07, 6.45) is 4.02. The van der Waals surface area contributed by atoms with Crippen molar-refractivity contribution in [2.45, 2.75) is 54.8 Å². The van der Waals surface area contributed by atoms with Crippen molar-refractivity contribution in [1.29, 1.82) is 0 Å². The number of hydrogen-bond acceptors (Lipinski definition) is 3. The van der Waals surface area contributed by atoms with Crippen LogP contribution in [0.2, 0.25) is 0 Å².